The van der Waals surface area contributed by atoms with Crippen LogP contribution < -0.4 is 0 Å². The molecule has 3 heterocycles. The number of rotatable bonds is 5. The fraction of sp³-hybridized carbons (Fsp3) is 0.667. The number of nitrogens with zero attached hydrogens (tertiary/aromatic N) is 3. The molecule has 2 bridgehead atoms. The third kappa shape index (κ3) is 19.5. The zero-order valence-corrected chi connectivity index (χ0v) is 39.0. The number of hydrogen-bond acceptors (Lipinski definition) is 16. The molecule has 376 valence electrons. The molecule has 0 aromatic carbocycles. The molecule has 0 amide bonds. The van der Waals surface area contributed by atoms with Crippen LogP contribution in [0.3, 0.4) is 0 Å². The molecule has 0 radical (unpaired) electrons. The van der Waals surface area contributed by atoms with E-state index in [0.29, 0.717) is 0 Å². The van der Waals surface area contributed by atoms with Crippen molar-refractivity contribution in [1.29, 1.82) is 0 Å². The van der Waals surface area contributed by atoms with Crippen molar-refractivity contribution in [2.24, 2.45) is 22.9 Å². The summed E-state index contributed by atoms with van der Waals surface area (Å²) in [6.45, 7) is 6.83. The Labute approximate surface area is 392 Å². The Morgan fingerprint density at radius 1 is 0.716 bits per heavy atom. The first-order chi connectivity index (χ1) is 31.8. The zero-order chi connectivity index (χ0) is 49.7. The van der Waals surface area contributed by atoms with Crippen molar-refractivity contribution in [3.63, 3.8) is 0 Å². The lowest BCUT2D eigenvalue weighted by molar-refractivity contribution is -0.314. The molecule has 0 spiro atoms. The molecule has 0 aliphatic carbocycles. The molecule has 2 saturated heterocycles. The van der Waals surface area contributed by atoms with E-state index in [0.717, 1.165) is 0 Å². The van der Waals surface area contributed by atoms with E-state index in [9.17, 15) is 55.5 Å². The van der Waals surface area contributed by atoms with Crippen molar-refractivity contribution < 1.29 is 79.2 Å². The van der Waals surface area contributed by atoms with Gasteiger partial charge in [-0.2, -0.15) is 0 Å². The van der Waals surface area contributed by atoms with Gasteiger partial charge < -0.3 is 69.6 Å². The molecule has 0 aromatic rings. The normalized spacial score (nSPS) is 43.2. The lowest BCUT2D eigenvalue weighted by Crippen LogP contribution is -2.57. The quantitative estimate of drug-likeness (QED) is 0.0820. The summed E-state index contributed by atoms with van der Waals surface area (Å²) in [5.74, 6) is -6.05. The van der Waals surface area contributed by atoms with E-state index < -0.39 is 128 Å². The lowest BCUT2D eigenvalue weighted by atomic mass is 9.82. The van der Waals surface area contributed by atoms with Crippen molar-refractivity contribution in [1.82, 2.24) is 0 Å². The molecule has 10 unspecified atom stereocenters. The molecule has 19 nitrogen and oxygen atoms in total. The van der Waals surface area contributed by atoms with Crippen LogP contribution in [0.15, 0.2) is 90.2 Å². The van der Waals surface area contributed by atoms with Gasteiger partial charge in [-0.3, -0.25) is 9.59 Å². The molecule has 9 N–H and O–H groups in total. The molecule has 3 aliphatic rings. The second kappa shape index (κ2) is 29.1. The second-order valence-electron chi connectivity index (χ2n) is 17.7. The summed E-state index contributed by atoms with van der Waals surface area (Å²) < 4.78 is 29.7. The number of cyclic esters (lactones) is 1. The van der Waals surface area contributed by atoms with Gasteiger partial charge in [0.1, 0.15) is 12.0 Å². The molecule has 0 saturated carbocycles. The Kier molecular flexibility index (Phi) is 24.9. The van der Waals surface area contributed by atoms with Gasteiger partial charge in [0.15, 0.2) is 12.1 Å². The minimum absolute atomic E-state index is 0.0237. The summed E-state index contributed by atoms with van der Waals surface area (Å²) >= 11 is 0. The molecule has 19 heteroatoms. The van der Waals surface area contributed by atoms with Gasteiger partial charge >= 0.3 is 11.9 Å². The van der Waals surface area contributed by atoms with Gasteiger partial charge in [-0.1, -0.05) is 104 Å². The summed E-state index contributed by atoms with van der Waals surface area (Å²) in [6, 6.07) is -0.879. The van der Waals surface area contributed by atoms with Crippen LogP contribution in [0.1, 0.15) is 85.5 Å². The maximum Gasteiger partial charge on any atom is 0.311 e. The van der Waals surface area contributed by atoms with Crippen LogP contribution in [0.2, 0.25) is 0 Å². The largest absolute Gasteiger partial charge is 0.481 e. The van der Waals surface area contributed by atoms with E-state index in [2.05, 4.69) is 10.0 Å². The highest BCUT2D eigenvalue weighted by atomic mass is 16.7. The molecule has 67 heavy (non-hydrogen) atoms. The number of carboxylic acids is 1. The predicted octanol–water partition coefficient (Wildman–Crippen LogP) is 3.75. The summed E-state index contributed by atoms with van der Waals surface area (Å²) in [6.07, 6.45) is 7.59. The third-order valence-corrected chi connectivity index (χ3v) is 12.4. The Morgan fingerprint density at radius 3 is 1.90 bits per heavy atom. The highest BCUT2D eigenvalue weighted by Gasteiger charge is 2.51. The monoisotopic (exact) mass is 947 g/mol. The maximum absolute atomic E-state index is 12.7. The Morgan fingerprint density at radius 2 is 1.31 bits per heavy atom. The van der Waals surface area contributed by atoms with Crippen molar-refractivity contribution in [2.45, 2.75) is 177 Å². The summed E-state index contributed by atoms with van der Waals surface area (Å²) in [4.78, 5) is 28.1. The summed E-state index contributed by atoms with van der Waals surface area (Å²) in [5.41, 5.74) is 9.09. The first kappa shape index (κ1) is 57.3. The summed E-state index contributed by atoms with van der Waals surface area (Å²) in [7, 11) is 1.26. The number of aliphatic hydroxyl groups excluding tert-OH is 8. The van der Waals surface area contributed by atoms with Crippen LogP contribution >= 0.6 is 0 Å². The van der Waals surface area contributed by atoms with Gasteiger partial charge in [0.25, 0.3) is 0 Å². The van der Waals surface area contributed by atoms with Crippen LogP contribution in [0.5, 0.6) is 0 Å². The Balaban J connectivity index is 1.89. The molecule has 18 atom stereocenters. The summed E-state index contributed by atoms with van der Waals surface area (Å²) in [5, 5.41) is 101. The number of fused-ring (bicyclic) bond motifs is 2. The number of esters is 1. The molecular weight excluding hydrogens is 875 g/mol. The van der Waals surface area contributed by atoms with E-state index in [-0.39, 0.29) is 50.9 Å². The first-order valence-electron chi connectivity index (χ1n) is 22.9. The smallest absolute Gasteiger partial charge is 0.311 e. The Hall–Kier alpha value is -4.05. The minimum atomic E-state index is -1.77. The van der Waals surface area contributed by atoms with Gasteiger partial charge in [-0.15, -0.1) is 0 Å². The predicted molar refractivity (Wildman–Crippen MR) is 245 cm³/mol. The SMILES string of the molecule is COC12CC(O)CC(O)C(O)CCC(O)CC(O)CC(=O)O[C@@H](C)[C@H](C)C(O)[C@@H](C)/C=C/C=C/C=C/C=C/C=C/C=C/C=C/C(O[C@H]3C[C@@H](N=[N+]=[N-])C(O)[C@@H](C)O3)C[C@H](O1)C(C(=O)O)[C@@H](O)C2. The van der Waals surface area contributed by atoms with Crippen molar-refractivity contribution in [2.75, 3.05) is 7.11 Å². The number of aliphatic carboxylic acids is 1. The van der Waals surface area contributed by atoms with E-state index >= 15 is 0 Å². The van der Waals surface area contributed by atoms with Crippen LogP contribution in [0.25, 0.3) is 10.4 Å². The van der Waals surface area contributed by atoms with Gasteiger partial charge in [0, 0.05) is 56.0 Å². The van der Waals surface area contributed by atoms with Gasteiger partial charge in [-0.05, 0) is 38.6 Å². The van der Waals surface area contributed by atoms with Crippen LogP contribution in [-0.4, -0.2) is 156 Å². The average molecular weight is 948 g/mol. The van der Waals surface area contributed by atoms with Crippen LogP contribution in [0.4, 0.5) is 0 Å². The van der Waals surface area contributed by atoms with Gasteiger partial charge in [0.05, 0.1) is 79.6 Å². The fourth-order valence-electron chi connectivity index (χ4n) is 8.30. The van der Waals surface area contributed by atoms with Gasteiger partial charge in [-0.25, -0.2) is 0 Å². The van der Waals surface area contributed by atoms with E-state index in [4.69, 9.17) is 29.2 Å². The third-order valence-electron chi connectivity index (χ3n) is 12.4. The maximum atomic E-state index is 12.7. The zero-order valence-electron chi connectivity index (χ0n) is 39.0. The molecule has 3 aliphatic heterocycles. The van der Waals surface area contributed by atoms with Gasteiger partial charge in [0.2, 0.25) is 0 Å². The number of methoxy groups -OCH3 is 1. The van der Waals surface area contributed by atoms with Crippen molar-refractivity contribution >= 4 is 11.9 Å². The molecule has 0 aromatic heterocycles. The first-order valence-corrected chi connectivity index (χ1v) is 22.9. The number of aliphatic hydroxyl groups is 8. The van der Waals surface area contributed by atoms with E-state index in [1.54, 1.807) is 63.3 Å². The number of carbonyl (C=O) groups excluding carboxylic acids is 1. The number of hydrogen-bond donors (Lipinski definition) is 9. The number of allylic oxidation sites excluding steroid dienone is 12. The number of azide groups is 1. The molecular formula is C48H73N3O16. The number of ether oxygens (including phenoxy) is 5. The van der Waals surface area contributed by atoms with Crippen molar-refractivity contribution in [3.05, 3.63) is 95.5 Å². The highest BCUT2D eigenvalue weighted by molar-refractivity contribution is 5.71. The van der Waals surface area contributed by atoms with E-state index in [1.165, 1.54) is 7.11 Å². The highest BCUT2D eigenvalue weighted by Crippen LogP contribution is 2.40. The number of carbonyl (C=O) groups is 2. The number of carboxylic acid groups (broad SMARTS) is 1. The fourth-order valence-corrected chi connectivity index (χ4v) is 8.30. The van der Waals surface area contributed by atoms with Crippen LogP contribution in [-0.2, 0) is 33.3 Å². The molecule has 3 rings (SSSR count). The average Bonchev–Trinajstić information content (AvgIpc) is 3.25. The van der Waals surface area contributed by atoms with E-state index in [1.807, 2.05) is 49.5 Å². The second-order valence-corrected chi connectivity index (χ2v) is 17.7. The van der Waals surface area contributed by atoms with Crippen LogP contribution in [0, 0.1) is 17.8 Å². The van der Waals surface area contributed by atoms with Crippen molar-refractivity contribution in [3.8, 4) is 0 Å². The standard InChI is InChI=1S/C48H73N3O16/c1-29-18-16-14-12-10-8-6-7-9-11-13-15-17-19-36(66-43-26-37(50-51-49)46(60)32(4)65-43)25-41-44(47(61)62)40(57)28-48(63-5,67-41)27-35(54)23-39(56)38(55)21-20-33(52)22-34(53)24-42(58)64-31(3)30(2)45(29)59/h6-19,29-41,43-46,52-57,59-60H,20-28H2,1-5H3,(H,61,62)/b7-6+,10-8+,11-9+,14-12+,15-13+,18-16+,19-17+/t29-,30-,31-,32+,33?,34?,35?,36?,37+,38?,39?,40-,41-,43-,44?,45?,46?,48?/m0/s1. The minimum Gasteiger partial charge on any atom is -0.481 e. The molecule has 2 fully saturated rings. The Bertz CT molecular complexity index is 1780. The topological polar surface area (TPSA) is 311 Å². The lowest BCUT2D eigenvalue weighted by Gasteiger charge is -2.46.